The monoisotopic (exact) mass is 458 g/mol. The molecule has 0 aliphatic carbocycles. The first kappa shape index (κ1) is 21.4. The highest BCUT2D eigenvalue weighted by molar-refractivity contribution is 9.10. The molecule has 144 valence electrons. The highest BCUT2D eigenvalue weighted by atomic mass is 79.9. The van der Waals surface area contributed by atoms with Gasteiger partial charge in [-0.2, -0.15) is 4.40 Å². The van der Waals surface area contributed by atoms with Crippen LogP contribution in [0, 0.1) is 0 Å². The van der Waals surface area contributed by atoms with Gasteiger partial charge in [0.15, 0.2) is 0 Å². The van der Waals surface area contributed by atoms with Gasteiger partial charge < -0.3 is 9.30 Å². The molecule has 0 aromatic carbocycles. The Morgan fingerprint density at radius 1 is 1.35 bits per heavy atom. The third-order valence-electron chi connectivity index (χ3n) is 3.65. The molecule has 0 fully saturated rings. The quantitative estimate of drug-likeness (QED) is 0.350. The number of rotatable bonds is 7. The van der Waals surface area contributed by atoms with Crippen molar-refractivity contribution in [3.8, 4) is 0 Å². The van der Waals surface area contributed by atoms with Crippen molar-refractivity contribution in [3.63, 3.8) is 0 Å². The molecule has 0 saturated heterocycles. The molecule has 0 N–H and O–H groups in total. The van der Waals surface area contributed by atoms with Crippen LogP contribution in [0.4, 0.5) is 0 Å². The summed E-state index contributed by atoms with van der Waals surface area (Å²) in [6.45, 7) is 13.8. The normalized spacial score (nSPS) is 14.4. The first-order valence-corrected chi connectivity index (χ1v) is 14.1. The number of halogens is 1. The summed E-state index contributed by atoms with van der Waals surface area (Å²) in [6.07, 6.45) is 4.99. The third-order valence-corrected chi connectivity index (χ3v) is 7.48. The fourth-order valence-electron chi connectivity index (χ4n) is 2.02. The predicted molar refractivity (Wildman–Crippen MR) is 115 cm³/mol. The zero-order valence-electron chi connectivity index (χ0n) is 16.2. The molecule has 0 saturated carbocycles. The Bertz CT molecular complexity index is 825. The second-order valence-electron chi connectivity index (χ2n) is 8.35. The van der Waals surface area contributed by atoms with Crippen LogP contribution in [0.5, 0.6) is 0 Å². The van der Waals surface area contributed by atoms with Crippen molar-refractivity contribution in [2.45, 2.75) is 57.9 Å². The molecule has 9 heteroatoms. The van der Waals surface area contributed by atoms with Crippen LogP contribution in [-0.2, 0) is 22.5 Å². The summed E-state index contributed by atoms with van der Waals surface area (Å²) in [4.78, 5) is 8.74. The lowest BCUT2D eigenvalue weighted by molar-refractivity contribution is 0.0898. The van der Waals surface area contributed by atoms with E-state index >= 15 is 0 Å². The Morgan fingerprint density at radius 2 is 2.04 bits per heavy atom. The second-order valence-corrected chi connectivity index (χ2v) is 16.7. The van der Waals surface area contributed by atoms with Crippen molar-refractivity contribution < 1.29 is 8.95 Å². The van der Waals surface area contributed by atoms with Crippen LogP contribution in [0.15, 0.2) is 21.4 Å². The Hall–Kier alpha value is -0.903. The number of hydrogen-bond donors (Lipinski definition) is 0. The van der Waals surface area contributed by atoms with E-state index in [4.69, 9.17) is 4.74 Å². The van der Waals surface area contributed by atoms with Gasteiger partial charge in [0, 0.05) is 14.7 Å². The van der Waals surface area contributed by atoms with Crippen molar-refractivity contribution >= 4 is 52.2 Å². The molecule has 0 aliphatic heterocycles. The van der Waals surface area contributed by atoms with Crippen LogP contribution in [0.2, 0.25) is 25.7 Å². The molecular formula is C17H27BrN4O2SSi. The Kier molecular flexibility index (Phi) is 6.92. The molecule has 0 aliphatic rings. The van der Waals surface area contributed by atoms with Crippen LogP contribution in [0.25, 0.3) is 11.0 Å². The van der Waals surface area contributed by atoms with Gasteiger partial charge in [0.2, 0.25) is 0 Å². The molecule has 0 amide bonds. The number of hydrogen-bond acceptors (Lipinski definition) is 4. The summed E-state index contributed by atoms with van der Waals surface area (Å²) in [6, 6.07) is 1.12. The number of imidazole rings is 1. The van der Waals surface area contributed by atoms with Crippen molar-refractivity contribution in [1.82, 2.24) is 14.5 Å². The maximum absolute atomic E-state index is 12.1. The maximum Gasteiger partial charge on any atom is 0.144 e. The van der Waals surface area contributed by atoms with Gasteiger partial charge in [0.05, 0.1) is 39.2 Å². The van der Waals surface area contributed by atoms with E-state index in [-0.39, 0.29) is 0 Å². The highest BCUT2D eigenvalue weighted by Crippen LogP contribution is 2.25. The van der Waals surface area contributed by atoms with Crippen molar-refractivity contribution in [2.75, 3.05) is 6.61 Å². The smallest absolute Gasteiger partial charge is 0.144 e. The van der Waals surface area contributed by atoms with Gasteiger partial charge in [-0.1, -0.05) is 19.6 Å². The average molecular weight is 459 g/mol. The lowest BCUT2D eigenvalue weighted by Gasteiger charge is -2.15. The van der Waals surface area contributed by atoms with Crippen LogP contribution in [-0.4, -0.2) is 44.4 Å². The molecule has 2 aromatic heterocycles. The fourth-order valence-corrected chi connectivity index (χ4v) is 3.93. The first-order valence-electron chi connectivity index (χ1n) is 8.52. The summed E-state index contributed by atoms with van der Waals surface area (Å²) < 4.78 is 24.4. The summed E-state index contributed by atoms with van der Waals surface area (Å²) >= 11 is 3.59. The lowest BCUT2D eigenvalue weighted by Crippen LogP contribution is -2.22. The van der Waals surface area contributed by atoms with Gasteiger partial charge in [0.1, 0.15) is 23.2 Å². The average Bonchev–Trinajstić information content (AvgIpc) is 2.92. The van der Waals surface area contributed by atoms with E-state index in [1.165, 1.54) is 0 Å². The second kappa shape index (κ2) is 8.41. The summed E-state index contributed by atoms with van der Waals surface area (Å²) in [5, 5.41) is 0. The van der Waals surface area contributed by atoms with Crippen molar-refractivity contribution in [3.05, 3.63) is 22.7 Å². The minimum atomic E-state index is -1.32. The van der Waals surface area contributed by atoms with Crippen LogP contribution in [0.3, 0.4) is 0 Å². The highest BCUT2D eigenvalue weighted by Gasteiger charge is 2.19. The van der Waals surface area contributed by atoms with E-state index < -0.39 is 23.8 Å². The number of pyridine rings is 1. The van der Waals surface area contributed by atoms with E-state index in [2.05, 4.69) is 49.9 Å². The molecular weight excluding hydrogens is 432 g/mol. The minimum absolute atomic E-state index is 0.404. The zero-order chi connectivity index (χ0) is 19.5. The number of aromatic nitrogens is 3. The van der Waals surface area contributed by atoms with Gasteiger partial charge in [-0.3, -0.25) is 4.98 Å². The van der Waals surface area contributed by atoms with E-state index in [9.17, 15) is 4.21 Å². The van der Waals surface area contributed by atoms with Crippen LogP contribution in [0.1, 0.15) is 26.5 Å². The van der Waals surface area contributed by atoms with E-state index in [1.807, 2.05) is 25.3 Å². The Morgan fingerprint density at radius 3 is 2.65 bits per heavy atom. The molecule has 2 aromatic rings. The molecule has 1 unspecified atom stereocenters. The maximum atomic E-state index is 12.1. The van der Waals surface area contributed by atoms with Gasteiger partial charge in [-0.05, 0) is 42.7 Å². The van der Waals surface area contributed by atoms with Crippen molar-refractivity contribution in [1.29, 1.82) is 0 Å². The molecule has 0 spiro atoms. The topological polar surface area (TPSA) is 69.4 Å². The Labute approximate surface area is 167 Å². The fraction of sp³-hybridized carbons (Fsp3) is 0.588. The zero-order valence-corrected chi connectivity index (χ0v) is 19.6. The first-order chi connectivity index (χ1) is 12.0. The van der Waals surface area contributed by atoms with Gasteiger partial charge in [-0.15, -0.1) is 0 Å². The molecule has 6 nitrogen and oxygen atoms in total. The molecule has 0 radical (unpaired) electrons. The summed E-state index contributed by atoms with van der Waals surface area (Å²) in [7, 11) is -2.43. The van der Waals surface area contributed by atoms with Crippen LogP contribution >= 0.6 is 15.9 Å². The number of fused-ring (bicyclic) bond motifs is 1. The number of ether oxygens (including phenoxy) is 1. The minimum Gasteiger partial charge on any atom is -0.361 e. The van der Waals surface area contributed by atoms with E-state index in [0.29, 0.717) is 12.4 Å². The van der Waals surface area contributed by atoms with E-state index in [0.717, 1.165) is 28.2 Å². The van der Waals surface area contributed by atoms with Crippen molar-refractivity contribution in [2.24, 2.45) is 4.40 Å². The summed E-state index contributed by atoms with van der Waals surface area (Å²) in [5.41, 5.74) is 2.30. The largest absolute Gasteiger partial charge is 0.361 e. The molecule has 26 heavy (non-hydrogen) atoms. The summed E-state index contributed by atoms with van der Waals surface area (Å²) in [5.74, 6) is 0. The van der Waals surface area contributed by atoms with Gasteiger partial charge >= 0.3 is 0 Å². The van der Waals surface area contributed by atoms with Crippen LogP contribution < -0.4 is 0 Å². The molecule has 2 rings (SSSR count). The lowest BCUT2D eigenvalue weighted by atomic mass is 10.3. The Balaban J connectivity index is 2.19. The van der Waals surface area contributed by atoms with Gasteiger partial charge in [0.25, 0.3) is 0 Å². The standard InChI is InChI=1S/C17H27BrN4O2SSi/c1-17(2,3)25(23)21-10-13-15(18)16-14(9-19-13)20-11-22(16)12-24-7-8-26(4,5)6/h9-11H,7-8,12H2,1-6H3. The SMILES string of the molecule is CC(C)(C)S(=O)N=Cc1ncc2ncn(COCC[Si](C)(C)C)c2c1Br. The molecule has 1 atom stereocenters. The number of nitrogens with zero attached hydrogens (tertiary/aromatic N) is 4. The van der Waals surface area contributed by atoms with Gasteiger partial charge in [-0.25, -0.2) is 9.19 Å². The molecule has 2 heterocycles. The van der Waals surface area contributed by atoms with E-state index in [1.54, 1.807) is 18.7 Å². The molecule has 0 bridgehead atoms. The third kappa shape index (κ3) is 5.80. The predicted octanol–water partition coefficient (Wildman–Crippen LogP) is 4.39.